The SMILES string of the molecule is CCNC1CCCCc2cn(Cc3cncs3)cc21. The maximum Gasteiger partial charge on any atom is 0.0794 e. The summed E-state index contributed by atoms with van der Waals surface area (Å²) < 4.78 is 2.33. The molecule has 0 spiro atoms. The van der Waals surface area contributed by atoms with Gasteiger partial charge in [0.1, 0.15) is 0 Å². The van der Waals surface area contributed by atoms with Gasteiger partial charge in [0.2, 0.25) is 0 Å². The molecular formula is C15H21N3S. The van der Waals surface area contributed by atoms with Crippen LogP contribution < -0.4 is 5.32 Å². The summed E-state index contributed by atoms with van der Waals surface area (Å²) >= 11 is 1.73. The highest BCUT2D eigenvalue weighted by Crippen LogP contribution is 2.29. The maximum absolute atomic E-state index is 4.15. The molecule has 0 saturated carbocycles. The van der Waals surface area contributed by atoms with Crippen LogP contribution in [0.25, 0.3) is 0 Å². The number of thiazole rings is 1. The molecule has 4 heteroatoms. The van der Waals surface area contributed by atoms with Gasteiger partial charge < -0.3 is 9.88 Å². The minimum absolute atomic E-state index is 0.546. The number of aromatic nitrogens is 2. The predicted molar refractivity (Wildman–Crippen MR) is 79.6 cm³/mol. The van der Waals surface area contributed by atoms with E-state index in [4.69, 9.17) is 0 Å². The second-order valence-electron chi connectivity index (χ2n) is 5.23. The fourth-order valence-electron chi connectivity index (χ4n) is 2.97. The largest absolute Gasteiger partial charge is 0.348 e. The number of fused-ring (bicyclic) bond motifs is 1. The minimum atomic E-state index is 0.546. The van der Waals surface area contributed by atoms with Crippen molar-refractivity contribution < 1.29 is 0 Å². The zero-order valence-corrected chi connectivity index (χ0v) is 12.2. The van der Waals surface area contributed by atoms with E-state index in [1.807, 2.05) is 11.7 Å². The fourth-order valence-corrected chi connectivity index (χ4v) is 3.57. The molecule has 0 aromatic carbocycles. The van der Waals surface area contributed by atoms with E-state index in [1.54, 1.807) is 11.3 Å². The third kappa shape index (κ3) is 2.90. The Labute approximate surface area is 118 Å². The van der Waals surface area contributed by atoms with E-state index in [0.717, 1.165) is 13.1 Å². The molecule has 1 aliphatic rings. The highest BCUT2D eigenvalue weighted by Gasteiger charge is 2.19. The van der Waals surface area contributed by atoms with Crippen LogP contribution in [0.1, 0.15) is 48.2 Å². The van der Waals surface area contributed by atoms with Crippen molar-refractivity contribution in [1.82, 2.24) is 14.9 Å². The third-order valence-electron chi connectivity index (χ3n) is 3.83. The average Bonchev–Trinajstić information content (AvgIpc) is 3.00. The van der Waals surface area contributed by atoms with Crippen molar-refractivity contribution in [3.63, 3.8) is 0 Å². The van der Waals surface area contributed by atoms with Crippen molar-refractivity contribution >= 4 is 11.3 Å². The van der Waals surface area contributed by atoms with Crippen molar-refractivity contribution in [3.8, 4) is 0 Å². The number of nitrogens with one attached hydrogen (secondary N) is 1. The van der Waals surface area contributed by atoms with E-state index < -0.39 is 0 Å². The maximum atomic E-state index is 4.15. The van der Waals surface area contributed by atoms with Crippen LogP contribution >= 0.6 is 11.3 Å². The van der Waals surface area contributed by atoms with Gasteiger partial charge in [-0.3, -0.25) is 4.98 Å². The summed E-state index contributed by atoms with van der Waals surface area (Å²) in [6, 6.07) is 0.546. The van der Waals surface area contributed by atoms with Crippen LogP contribution in [0.2, 0.25) is 0 Å². The van der Waals surface area contributed by atoms with Crippen LogP contribution in [-0.2, 0) is 13.0 Å². The Hall–Kier alpha value is -1.13. The zero-order chi connectivity index (χ0) is 13.1. The zero-order valence-electron chi connectivity index (χ0n) is 11.4. The Kier molecular flexibility index (Phi) is 3.99. The molecule has 0 amide bonds. The number of rotatable bonds is 4. The molecule has 1 aliphatic carbocycles. The van der Waals surface area contributed by atoms with Crippen molar-refractivity contribution in [1.29, 1.82) is 0 Å². The van der Waals surface area contributed by atoms with Crippen LogP contribution in [0.3, 0.4) is 0 Å². The summed E-state index contributed by atoms with van der Waals surface area (Å²) in [5.74, 6) is 0. The molecule has 2 aromatic rings. The summed E-state index contributed by atoms with van der Waals surface area (Å²) in [5.41, 5.74) is 4.96. The molecule has 19 heavy (non-hydrogen) atoms. The van der Waals surface area contributed by atoms with Gasteiger partial charge in [-0.05, 0) is 36.9 Å². The number of nitrogens with zero attached hydrogens (tertiary/aromatic N) is 2. The van der Waals surface area contributed by atoms with Crippen molar-refractivity contribution in [2.45, 2.75) is 45.2 Å². The van der Waals surface area contributed by atoms with E-state index in [2.05, 4.69) is 34.2 Å². The second kappa shape index (κ2) is 5.88. The van der Waals surface area contributed by atoms with Gasteiger partial charge in [-0.2, -0.15) is 0 Å². The molecule has 0 fully saturated rings. The molecule has 0 radical (unpaired) electrons. The normalized spacial score (nSPS) is 19.1. The molecule has 3 rings (SSSR count). The Morgan fingerprint density at radius 3 is 3.16 bits per heavy atom. The van der Waals surface area contributed by atoms with Gasteiger partial charge in [-0.15, -0.1) is 11.3 Å². The van der Waals surface area contributed by atoms with Gasteiger partial charge in [0.25, 0.3) is 0 Å². The predicted octanol–water partition coefficient (Wildman–Crippen LogP) is 3.37. The van der Waals surface area contributed by atoms with E-state index in [1.165, 1.54) is 41.7 Å². The van der Waals surface area contributed by atoms with Crippen LogP contribution in [-0.4, -0.2) is 16.1 Å². The lowest BCUT2D eigenvalue weighted by atomic mass is 10.0. The van der Waals surface area contributed by atoms with Gasteiger partial charge in [0.15, 0.2) is 0 Å². The van der Waals surface area contributed by atoms with Crippen LogP contribution in [0.15, 0.2) is 24.1 Å². The lowest BCUT2D eigenvalue weighted by Gasteiger charge is -2.15. The van der Waals surface area contributed by atoms with E-state index in [-0.39, 0.29) is 0 Å². The smallest absolute Gasteiger partial charge is 0.0794 e. The topological polar surface area (TPSA) is 29.9 Å². The monoisotopic (exact) mass is 275 g/mol. The van der Waals surface area contributed by atoms with E-state index in [0.29, 0.717) is 6.04 Å². The first-order valence-corrected chi connectivity index (χ1v) is 8.04. The molecular weight excluding hydrogens is 254 g/mol. The summed E-state index contributed by atoms with van der Waals surface area (Å²) in [6.45, 7) is 4.19. The van der Waals surface area contributed by atoms with Crippen molar-refractivity contribution in [2.75, 3.05) is 6.54 Å². The first kappa shape index (κ1) is 12.9. The average molecular weight is 275 g/mol. The van der Waals surface area contributed by atoms with Gasteiger partial charge in [-0.25, -0.2) is 0 Å². The lowest BCUT2D eigenvalue weighted by Crippen LogP contribution is -2.20. The van der Waals surface area contributed by atoms with Crippen molar-refractivity contribution in [2.24, 2.45) is 0 Å². The summed E-state index contributed by atoms with van der Waals surface area (Å²) in [7, 11) is 0. The Balaban J connectivity index is 1.83. The Morgan fingerprint density at radius 2 is 2.37 bits per heavy atom. The highest BCUT2D eigenvalue weighted by atomic mass is 32.1. The molecule has 2 heterocycles. The van der Waals surface area contributed by atoms with E-state index >= 15 is 0 Å². The summed E-state index contributed by atoms with van der Waals surface area (Å²) in [4.78, 5) is 5.48. The fraction of sp³-hybridized carbons (Fsp3) is 0.533. The van der Waals surface area contributed by atoms with Crippen LogP contribution in [0, 0.1) is 0 Å². The molecule has 2 aromatic heterocycles. The first-order chi connectivity index (χ1) is 9.36. The highest BCUT2D eigenvalue weighted by molar-refractivity contribution is 7.09. The van der Waals surface area contributed by atoms with Crippen LogP contribution in [0.4, 0.5) is 0 Å². The third-order valence-corrected chi connectivity index (χ3v) is 4.60. The van der Waals surface area contributed by atoms with Crippen molar-refractivity contribution in [3.05, 3.63) is 40.1 Å². The standard InChI is InChI=1S/C15H21N3S/c1-2-17-15-6-4-3-5-12-8-18(10-14(12)15)9-13-7-16-11-19-13/h7-8,10-11,15,17H,2-6,9H2,1H3. The number of hydrogen-bond donors (Lipinski definition) is 1. The molecule has 0 aliphatic heterocycles. The molecule has 0 saturated heterocycles. The van der Waals surface area contributed by atoms with Gasteiger partial charge >= 0.3 is 0 Å². The molecule has 0 bridgehead atoms. The Bertz CT molecular complexity index is 515. The van der Waals surface area contributed by atoms with E-state index in [9.17, 15) is 0 Å². The minimum Gasteiger partial charge on any atom is -0.348 e. The quantitative estimate of drug-likeness (QED) is 0.867. The molecule has 1 N–H and O–H groups in total. The van der Waals surface area contributed by atoms with Crippen LogP contribution in [0.5, 0.6) is 0 Å². The summed E-state index contributed by atoms with van der Waals surface area (Å²) in [5, 5.41) is 3.63. The Morgan fingerprint density at radius 1 is 1.42 bits per heavy atom. The number of hydrogen-bond acceptors (Lipinski definition) is 3. The first-order valence-electron chi connectivity index (χ1n) is 7.16. The summed E-state index contributed by atoms with van der Waals surface area (Å²) in [6.07, 6.45) is 11.8. The molecule has 1 atom stereocenters. The van der Waals surface area contributed by atoms with Gasteiger partial charge in [0.05, 0.1) is 12.1 Å². The molecule has 1 unspecified atom stereocenters. The van der Waals surface area contributed by atoms with Gasteiger partial charge in [-0.1, -0.05) is 13.3 Å². The second-order valence-corrected chi connectivity index (χ2v) is 6.21. The lowest BCUT2D eigenvalue weighted by molar-refractivity contribution is 0.502. The number of aryl methyl sites for hydroxylation is 1. The van der Waals surface area contributed by atoms with Gasteiger partial charge in [0, 0.05) is 29.5 Å². The molecule has 102 valence electrons. The molecule has 3 nitrogen and oxygen atoms in total.